The molecule has 0 atom stereocenters. The molecule has 66 valence electrons. The van der Waals surface area contributed by atoms with Crippen LogP contribution in [-0.2, 0) is 7.01 Å². The van der Waals surface area contributed by atoms with Gasteiger partial charge in [-0.3, -0.25) is 0 Å². The Bertz CT molecular complexity index is 442. The lowest BCUT2D eigenvalue weighted by Gasteiger charge is -1.83. The molecule has 1 heterocycles. The standard InChI is InChI=1S/C3H3IN4O3S/c4-12(10,11)2-1-8-3(9)5-6-7-8/h1-2H,(H,5,7,9)/b2-1+. The molecular weight excluding hydrogens is 299 g/mol. The highest BCUT2D eigenvalue weighted by Crippen LogP contribution is 2.02. The van der Waals surface area contributed by atoms with Gasteiger partial charge in [0.2, 0.25) is 7.01 Å². The zero-order chi connectivity index (χ0) is 9.19. The largest absolute Gasteiger partial charge is 0.365 e. The molecule has 0 unspecified atom stereocenters. The van der Waals surface area contributed by atoms with E-state index in [1.165, 1.54) is 21.2 Å². The van der Waals surface area contributed by atoms with Gasteiger partial charge in [0.05, 0.1) is 26.6 Å². The van der Waals surface area contributed by atoms with Crippen molar-refractivity contribution in [3.63, 3.8) is 0 Å². The van der Waals surface area contributed by atoms with Crippen LogP contribution in [0.15, 0.2) is 10.2 Å². The van der Waals surface area contributed by atoms with Gasteiger partial charge in [0.25, 0.3) is 0 Å². The number of hydrogen-bond donors (Lipinski definition) is 1. The first kappa shape index (κ1) is 9.38. The number of halogens is 1. The molecule has 7 nitrogen and oxygen atoms in total. The lowest BCUT2D eigenvalue weighted by atomic mass is 11.0. The molecule has 0 spiro atoms. The molecule has 0 aromatic carbocycles. The van der Waals surface area contributed by atoms with Gasteiger partial charge in [0.15, 0.2) is 0 Å². The van der Waals surface area contributed by atoms with Crippen LogP contribution in [0.1, 0.15) is 0 Å². The van der Waals surface area contributed by atoms with Crippen LogP contribution < -0.4 is 5.69 Å². The molecule has 1 rings (SSSR count). The first-order valence-corrected chi connectivity index (χ1v) is 6.71. The number of hydrogen-bond acceptors (Lipinski definition) is 5. The van der Waals surface area contributed by atoms with Gasteiger partial charge in [-0.2, -0.15) is 4.68 Å². The van der Waals surface area contributed by atoms with Crippen molar-refractivity contribution in [3.05, 3.63) is 15.9 Å². The predicted molar refractivity (Wildman–Crippen MR) is 48.9 cm³/mol. The molecule has 1 aromatic heterocycles. The molecule has 12 heavy (non-hydrogen) atoms. The van der Waals surface area contributed by atoms with E-state index in [0.29, 0.717) is 0 Å². The van der Waals surface area contributed by atoms with Crippen LogP contribution in [0.3, 0.4) is 0 Å². The molecular formula is C3H3IN4O3S. The van der Waals surface area contributed by atoms with Crippen LogP contribution in [0.4, 0.5) is 0 Å². The van der Waals surface area contributed by atoms with E-state index in [-0.39, 0.29) is 0 Å². The Morgan fingerprint density at radius 1 is 1.58 bits per heavy atom. The van der Waals surface area contributed by atoms with E-state index in [1.807, 2.05) is 5.10 Å². The number of tetrazole rings is 1. The van der Waals surface area contributed by atoms with Crippen molar-refractivity contribution < 1.29 is 8.42 Å². The maximum atomic E-state index is 10.7. The number of rotatable bonds is 2. The van der Waals surface area contributed by atoms with E-state index < -0.39 is 12.7 Å². The molecule has 0 aliphatic carbocycles. The highest BCUT2D eigenvalue weighted by molar-refractivity contribution is 14.2. The van der Waals surface area contributed by atoms with Gasteiger partial charge in [-0.1, -0.05) is 0 Å². The summed E-state index contributed by atoms with van der Waals surface area (Å²) in [5.41, 5.74) is -0.591. The smallest absolute Gasteiger partial charge is 0.244 e. The molecule has 0 bridgehead atoms. The molecule has 9 heteroatoms. The van der Waals surface area contributed by atoms with Crippen molar-refractivity contribution in [1.29, 1.82) is 0 Å². The molecule has 0 aliphatic heterocycles. The van der Waals surface area contributed by atoms with Crippen LogP contribution in [0, 0.1) is 0 Å². The summed E-state index contributed by atoms with van der Waals surface area (Å²) in [7, 11) is -3.27. The van der Waals surface area contributed by atoms with Crippen LogP contribution >= 0.6 is 21.2 Å². The van der Waals surface area contributed by atoms with E-state index >= 15 is 0 Å². The Hall–Kier alpha value is -0.710. The minimum Gasteiger partial charge on any atom is -0.244 e. The Labute approximate surface area is 79.0 Å². The molecule has 0 amide bonds. The first-order chi connectivity index (χ1) is 5.49. The number of aromatic amines is 1. The third kappa shape index (κ3) is 2.73. The van der Waals surface area contributed by atoms with Crippen LogP contribution in [0.25, 0.3) is 6.20 Å². The van der Waals surface area contributed by atoms with Crippen molar-refractivity contribution in [2.45, 2.75) is 0 Å². The average molecular weight is 302 g/mol. The van der Waals surface area contributed by atoms with Gasteiger partial charge < -0.3 is 0 Å². The van der Waals surface area contributed by atoms with E-state index in [2.05, 4.69) is 10.4 Å². The summed E-state index contributed by atoms with van der Waals surface area (Å²) in [5.74, 6) is 0. The molecule has 0 fully saturated rings. The number of nitrogens with zero attached hydrogens (tertiary/aromatic N) is 3. The zero-order valence-electron chi connectivity index (χ0n) is 5.51. The average Bonchev–Trinajstić information content (AvgIpc) is 2.29. The third-order valence-electron chi connectivity index (χ3n) is 0.859. The maximum Gasteiger partial charge on any atom is 0.365 e. The van der Waals surface area contributed by atoms with E-state index in [1.54, 1.807) is 0 Å². The normalized spacial score (nSPS) is 12.4. The Morgan fingerprint density at radius 2 is 2.25 bits per heavy atom. The van der Waals surface area contributed by atoms with Gasteiger partial charge in [-0.25, -0.2) is 18.3 Å². The number of aromatic nitrogens is 4. The monoisotopic (exact) mass is 302 g/mol. The van der Waals surface area contributed by atoms with E-state index in [4.69, 9.17) is 0 Å². The summed E-state index contributed by atoms with van der Waals surface area (Å²) < 4.78 is 21.9. The fraction of sp³-hybridized carbons (Fsp3) is 0. The number of H-pyrrole nitrogens is 1. The number of nitrogens with one attached hydrogen (secondary N) is 1. The summed E-state index contributed by atoms with van der Waals surface area (Å²) >= 11 is 1.22. The highest BCUT2D eigenvalue weighted by Gasteiger charge is 1.98. The van der Waals surface area contributed by atoms with Gasteiger partial charge >= 0.3 is 5.69 Å². The lowest BCUT2D eigenvalue weighted by molar-refractivity contribution is 0.620. The van der Waals surface area contributed by atoms with Crippen LogP contribution in [-0.4, -0.2) is 28.6 Å². The summed E-state index contributed by atoms with van der Waals surface area (Å²) in [5, 5.41) is 9.26. The minimum atomic E-state index is -3.27. The lowest BCUT2D eigenvalue weighted by Crippen LogP contribution is -2.12. The van der Waals surface area contributed by atoms with Crippen molar-refractivity contribution in [3.8, 4) is 0 Å². The zero-order valence-corrected chi connectivity index (χ0v) is 8.48. The van der Waals surface area contributed by atoms with Crippen molar-refractivity contribution in [1.82, 2.24) is 20.2 Å². The van der Waals surface area contributed by atoms with Crippen LogP contribution in [0.2, 0.25) is 0 Å². The Balaban J connectivity index is 2.99. The van der Waals surface area contributed by atoms with Crippen LogP contribution in [0.5, 0.6) is 0 Å². The third-order valence-corrected chi connectivity index (χ3v) is 2.19. The minimum absolute atomic E-state index is 0.591. The quantitative estimate of drug-likeness (QED) is 0.567. The molecule has 0 saturated heterocycles. The van der Waals surface area contributed by atoms with Gasteiger partial charge in [0.1, 0.15) is 0 Å². The summed E-state index contributed by atoms with van der Waals surface area (Å²) in [6.07, 6.45) is 1.01. The highest BCUT2D eigenvalue weighted by atomic mass is 127. The molecule has 0 radical (unpaired) electrons. The second-order valence-corrected chi connectivity index (χ2v) is 6.62. The fourth-order valence-electron chi connectivity index (χ4n) is 0.433. The first-order valence-electron chi connectivity index (χ1n) is 2.62. The van der Waals surface area contributed by atoms with E-state index in [9.17, 15) is 13.2 Å². The SMILES string of the molecule is O=c1[nH]nnn1/C=C/S(=O)(=O)I. The molecule has 1 N–H and O–H groups in total. The summed E-state index contributed by atoms with van der Waals surface area (Å²) in [6.45, 7) is 0. The van der Waals surface area contributed by atoms with Crippen molar-refractivity contribution >= 4 is 34.4 Å². The fourth-order valence-corrected chi connectivity index (χ4v) is 1.09. The summed E-state index contributed by atoms with van der Waals surface area (Å²) in [4.78, 5) is 10.7. The van der Waals surface area contributed by atoms with Gasteiger partial charge in [0, 0.05) is 6.20 Å². The topological polar surface area (TPSA) is 97.7 Å². The Kier molecular flexibility index (Phi) is 2.62. The molecule has 0 saturated carbocycles. The van der Waals surface area contributed by atoms with Crippen molar-refractivity contribution in [2.75, 3.05) is 0 Å². The maximum absolute atomic E-state index is 10.7. The van der Waals surface area contributed by atoms with Gasteiger partial charge in [-0.15, -0.1) is 0 Å². The predicted octanol–water partition coefficient (Wildman–Crippen LogP) is -0.841. The van der Waals surface area contributed by atoms with E-state index in [0.717, 1.165) is 16.3 Å². The summed E-state index contributed by atoms with van der Waals surface area (Å²) in [6, 6.07) is 0. The van der Waals surface area contributed by atoms with Gasteiger partial charge in [-0.05, 0) is 10.4 Å². The second-order valence-electron chi connectivity index (χ2n) is 1.71. The van der Waals surface area contributed by atoms with Crippen molar-refractivity contribution in [2.24, 2.45) is 0 Å². The molecule has 1 aromatic rings. The Morgan fingerprint density at radius 3 is 2.67 bits per heavy atom. The second kappa shape index (κ2) is 3.35. The molecule has 0 aliphatic rings.